The number of morpholine rings is 1. The van der Waals surface area contributed by atoms with Crippen LogP contribution in [0.1, 0.15) is 13.3 Å². The number of anilines is 2. The van der Waals surface area contributed by atoms with Crippen molar-refractivity contribution >= 4 is 23.5 Å². The largest absolute Gasteiger partial charge is 0.391 e. The second kappa shape index (κ2) is 6.83. The number of aromatic nitrogens is 3. The predicted molar refractivity (Wildman–Crippen MR) is 72.7 cm³/mol. The first-order valence-corrected chi connectivity index (χ1v) is 6.73. The third-order valence-corrected chi connectivity index (χ3v) is 3.03. The number of nitrogens with zero attached hydrogens (tertiary/aromatic N) is 4. The third-order valence-electron chi connectivity index (χ3n) is 2.86. The maximum Gasteiger partial charge on any atom is 0.231 e. The molecule has 19 heavy (non-hydrogen) atoms. The van der Waals surface area contributed by atoms with Gasteiger partial charge in [-0.2, -0.15) is 15.0 Å². The molecule has 2 rings (SSSR count). The van der Waals surface area contributed by atoms with Crippen LogP contribution in [0.25, 0.3) is 0 Å². The quantitative estimate of drug-likeness (QED) is 0.818. The highest BCUT2D eigenvalue weighted by molar-refractivity contribution is 6.28. The van der Waals surface area contributed by atoms with Crippen molar-refractivity contribution in [2.24, 2.45) is 0 Å². The van der Waals surface area contributed by atoms with Crippen molar-refractivity contribution in [3.8, 4) is 0 Å². The van der Waals surface area contributed by atoms with Gasteiger partial charge in [0, 0.05) is 19.6 Å². The zero-order chi connectivity index (χ0) is 13.7. The number of halogens is 1. The first-order chi connectivity index (χ1) is 9.19. The molecule has 1 fully saturated rings. The van der Waals surface area contributed by atoms with Crippen molar-refractivity contribution in [1.82, 2.24) is 15.0 Å². The molecule has 2 heterocycles. The highest BCUT2D eigenvalue weighted by Gasteiger charge is 2.16. The Bertz CT molecular complexity index is 414. The molecule has 0 aliphatic carbocycles. The van der Waals surface area contributed by atoms with E-state index in [1.54, 1.807) is 0 Å². The Labute approximate surface area is 117 Å². The molecular formula is C11H18ClN5O2. The maximum absolute atomic E-state index is 9.51. The monoisotopic (exact) mass is 287 g/mol. The SMILES string of the molecule is CCC(O)CNc1nc(Cl)nc(N2CCOCC2)n1. The van der Waals surface area contributed by atoms with Gasteiger partial charge < -0.3 is 20.1 Å². The number of aliphatic hydroxyl groups is 1. The summed E-state index contributed by atoms with van der Waals surface area (Å²) in [5.41, 5.74) is 0. The topological polar surface area (TPSA) is 83.4 Å². The molecule has 1 aliphatic heterocycles. The molecule has 0 spiro atoms. The van der Waals surface area contributed by atoms with Crippen molar-refractivity contribution in [3.05, 3.63) is 5.28 Å². The van der Waals surface area contributed by atoms with Gasteiger partial charge in [-0.1, -0.05) is 6.92 Å². The van der Waals surface area contributed by atoms with E-state index < -0.39 is 6.10 Å². The lowest BCUT2D eigenvalue weighted by Crippen LogP contribution is -2.37. The molecule has 1 atom stereocenters. The minimum atomic E-state index is -0.428. The Morgan fingerprint density at radius 2 is 2.11 bits per heavy atom. The normalized spacial score (nSPS) is 17.3. The zero-order valence-electron chi connectivity index (χ0n) is 10.8. The molecule has 7 nitrogen and oxygen atoms in total. The van der Waals surface area contributed by atoms with Crippen LogP contribution in [0.4, 0.5) is 11.9 Å². The summed E-state index contributed by atoms with van der Waals surface area (Å²) in [5, 5.41) is 12.6. The highest BCUT2D eigenvalue weighted by atomic mass is 35.5. The van der Waals surface area contributed by atoms with Crippen LogP contribution < -0.4 is 10.2 Å². The molecule has 8 heteroatoms. The molecule has 0 bridgehead atoms. The molecule has 0 aromatic carbocycles. The molecule has 1 aromatic heterocycles. The van der Waals surface area contributed by atoms with Gasteiger partial charge in [0.25, 0.3) is 0 Å². The molecule has 106 valence electrons. The molecule has 1 saturated heterocycles. The van der Waals surface area contributed by atoms with Crippen LogP contribution >= 0.6 is 11.6 Å². The van der Waals surface area contributed by atoms with Gasteiger partial charge >= 0.3 is 0 Å². The van der Waals surface area contributed by atoms with Gasteiger partial charge in [-0.3, -0.25) is 0 Å². The molecular weight excluding hydrogens is 270 g/mol. The van der Waals surface area contributed by atoms with Gasteiger partial charge in [0.05, 0.1) is 19.3 Å². The fraction of sp³-hybridized carbons (Fsp3) is 0.727. The van der Waals surface area contributed by atoms with Crippen LogP contribution in [-0.4, -0.2) is 59.0 Å². The van der Waals surface area contributed by atoms with Gasteiger partial charge in [-0.05, 0) is 18.0 Å². The lowest BCUT2D eigenvalue weighted by atomic mass is 10.3. The molecule has 0 amide bonds. The van der Waals surface area contributed by atoms with E-state index in [0.717, 1.165) is 13.1 Å². The van der Waals surface area contributed by atoms with E-state index in [-0.39, 0.29) is 5.28 Å². The Balaban J connectivity index is 2.05. The number of hydrogen-bond donors (Lipinski definition) is 2. The summed E-state index contributed by atoms with van der Waals surface area (Å²) >= 11 is 5.90. The second-order valence-electron chi connectivity index (χ2n) is 4.27. The minimum absolute atomic E-state index is 0.144. The predicted octanol–water partition coefficient (Wildman–Crippen LogP) is 0.544. The first-order valence-electron chi connectivity index (χ1n) is 6.35. The highest BCUT2D eigenvalue weighted by Crippen LogP contribution is 2.15. The Hall–Kier alpha value is -1.18. The summed E-state index contributed by atoms with van der Waals surface area (Å²) in [6, 6.07) is 0. The molecule has 0 saturated carbocycles. The summed E-state index contributed by atoms with van der Waals surface area (Å²) in [6.45, 7) is 5.07. The van der Waals surface area contributed by atoms with Crippen molar-refractivity contribution in [1.29, 1.82) is 0 Å². The van der Waals surface area contributed by atoms with Crippen LogP contribution in [0, 0.1) is 0 Å². The van der Waals surface area contributed by atoms with Crippen LogP contribution in [0.3, 0.4) is 0 Å². The van der Waals surface area contributed by atoms with Crippen molar-refractivity contribution in [3.63, 3.8) is 0 Å². The number of aliphatic hydroxyl groups excluding tert-OH is 1. The lowest BCUT2D eigenvalue weighted by Gasteiger charge is -2.26. The summed E-state index contributed by atoms with van der Waals surface area (Å²) < 4.78 is 5.28. The van der Waals surface area contributed by atoms with E-state index in [9.17, 15) is 5.11 Å². The summed E-state index contributed by atoms with van der Waals surface area (Å²) in [7, 11) is 0. The van der Waals surface area contributed by atoms with Crippen LogP contribution in [-0.2, 0) is 4.74 Å². The zero-order valence-corrected chi connectivity index (χ0v) is 11.6. The van der Waals surface area contributed by atoms with Crippen molar-refractivity contribution < 1.29 is 9.84 Å². The standard InChI is InChI=1S/C11H18ClN5O2/c1-2-8(18)7-13-10-14-9(12)15-11(16-10)17-3-5-19-6-4-17/h8,18H,2-7H2,1H3,(H,13,14,15,16). The Morgan fingerprint density at radius 1 is 1.37 bits per heavy atom. The minimum Gasteiger partial charge on any atom is -0.391 e. The molecule has 2 N–H and O–H groups in total. The van der Waals surface area contributed by atoms with E-state index >= 15 is 0 Å². The Kier molecular flexibility index (Phi) is 5.12. The number of nitrogens with one attached hydrogen (secondary N) is 1. The van der Waals surface area contributed by atoms with Gasteiger partial charge in [-0.25, -0.2) is 0 Å². The van der Waals surface area contributed by atoms with Gasteiger partial charge in [0.15, 0.2) is 0 Å². The molecule has 1 aromatic rings. The van der Waals surface area contributed by atoms with E-state index in [0.29, 0.717) is 38.1 Å². The average Bonchev–Trinajstić information content (AvgIpc) is 2.45. The summed E-state index contributed by atoms with van der Waals surface area (Å²) in [5.74, 6) is 0.922. The second-order valence-corrected chi connectivity index (χ2v) is 4.61. The van der Waals surface area contributed by atoms with Gasteiger partial charge in [0.2, 0.25) is 17.2 Å². The number of ether oxygens (including phenoxy) is 1. The fourth-order valence-corrected chi connectivity index (χ4v) is 1.83. The number of rotatable bonds is 5. The Morgan fingerprint density at radius 3 is 2.79 bits per heavy atom. The van der Waals surface area contributed by atoms with E-state index in [1.807, 2.05) is 11.8 Å². The van der Waals surface area contributed by atoms with Crippen LogP contribution in [0.2, 0.25) is 5.28 Å². The van der Waals surface area contributed by atoms with E-state index in [4.69, 9.17) is 16.3 Å². The lowest BCUT2D eigenvalue weighted by molar-refractivity contribution is 0.122. The average molecular weight is 288 g/mol. The van der Waals surface area contributed by atoms with Gasteiger partial charge in [0.1, 0.15) is 0 Å². The van der Waals surface area contributed by atoms with Crippen LogP contribution in [0.15, 0.2) is 0 Å². The third kappa shape index (κ3) is 4.15. The summed E-state index contributed by atoms with van der Waals surface area (Å²) in [6.07, 6.45) is 0.240. The molecule has 1 unspecified atom stereocenters. The number of hydrogen-bond acceptors (Lipinski definition) is 7. The van der Waals surface area contributed by atoms with E-state index in [2.05, 4.69) is 20.3 Å². The smallest absolute Gasteiger partial charge is 0.231 e. The van der Waals surface area contributed by atoms with Crippen molar-refractivity contribution in [2.75, 3.05) is 43.1 Å². The fourth-order valence-electron chi connectivity index (χ4n) is 1.68. The van der Waals surface area contributed by atoms with Crippen LogP contribution in [0.5, 0.6) is 0 Å². The molecule has 1 aliphatic rings. The van der Waals surface area contributed by atoms with Gasteiger partial charge in [-0.15, -0.1) is 0 Å². The summed E-state index contributed by atoms with van der Waals surface area (Å²) in [4.78, 5) is 14.4. The van der Waals surface area contributed by atoms with Crippen molar-refractivity contribution in [2.45, 2.75) is 19.4 Å². The van der Waals surface area contributed by atoms with E-state index in [1.165, 1.54) is 0 Å². The molecule has 0 radical (unpaired) electrons. The maximum atomic E-state index is 9.51. The first kappa shape index (κ1) is 14.2.